The molecule has 2 aromatic carbocycles. The summed E-state index contributed by atoms with van der Waals surface area (Å²) in [5.74, 6) is 0.573. The van der Waals surface area contributed by atoms with Gasteiger partial charge >= 0.3 is 0 Å². The minimum absolute atomic E-state index is 0.280. The Kier molecular flexibility index (Phi) is 6.33. The molecule has 0 aliphatic carbocycles. The summed E-state index contributed by atoms with van der Waals surface area (Å²) >= 11 is 6.74. The molecule has 0 bridgehead atoms. The second-order valence-electron chi connectivity index (χ2n) is 5.97. The lowest BCUT2D eigenvalue weighted by molar-refractivity contribution is -0.119. The Morgan fingerprint density at radius 3 is 2.76 bits per heavy atom. The summed E-state index contributed by atoms with van der Waals surface area (Å²) in [7, 11) is 1.47. The molecule has 3 aromatic rings. The van der Waals surface area contributed by atoms with Crippen molar-refractivity contribution in [3.05, 3.63) is 61.0 Å². The fourth-order valence-electron chi connectivity index (χ4n) is 2.62. The molecule has 0 unspecified atom stereocenters. The van der Waals surface area contributed by atoms with E-state index in [-0.39, 0.29) is 12.2 Å². The van der Waals surface area contributed by atoms with Gasteiger partial charge in [-0.25, -0.2) is 4.98 Å². The first-order valence-corrected chi connectivity index (χ1v) is 9.90. The second kappa shape index (κ2) is 8.75. The third-order valence-corrected chi connectivity index (χ3v) is 4.99. The van der Waals surface area contributed by atoms with Crippen LogP contribution in [-0.2, 0) is 4.79 Å². The number of carbonyl (C=O) groups excluding carboxylic acids is 1. The number of amides is 1. The number of primary amides is 1. The van der Waals surface area contributed by atoms with E-state index in [4.69, 9.17) is 15.2 Å². The van der Waals surface area contributed by atoms with Crippen molar-refractivity contribution in [2.75, 3.05) is 13.7 Å². The van der Waals surface area contributed by atoms with Crippen molar-refractivity contribution >= 4 is 54.9 Å². The van der Waals surface area contributed by atoms with Crippen LogP contribution < -0.4 is 20.8 Å². The van der Waals surface area contributed by atoms with Gasteiger partial charge in [0.15, 0.2) is 18.1 Å². The van der Waals surface area contributed by atoms with Crippen LogP contribution in [0.1, 0.15) is 11.4 Å². The van der Waals surface area contributed by atoms with Gasteiger partial charge in [-0.2, -0.15) is 9.78 Å². The van der Waals surface area contributed by atoms with Gasteiger partial charge in [0, 0.05) is 4.47 Å². The Bertz CT molecular complexity index is 1190. The monoisotopic (exact) mass is 522 g/mol. The molecule has 0 saturated carbocycles. The van der Waals surface area contributed by atoms with Crippen LogP contribution in [0.25, 0.3) is 10.9 Å². The van der Waals surface area contributed by atoms with Crippen molar-refractivity contribution in [1.29, 1.82) is 0 Å². The zero-order chi connectivity index (χ0) is 21.1. The van der Waals surface area contributed by atoms with Gasteiger partial charge in [-0.15, -0.1) is 0 Å². The van der Waals surface area contributed by atoms with Crippen molar-refractivity contribution < 1.29 is 14.3 Å². The number of benzene rings is 2. The Labute approximate surface area is 182 Å². The molecule has 3 rings (SSSR count). The number of ether oxygens (including phenoxy) is 2. The van der Waals surface area contributed by atoms with Gasteiger partial charge in [0.1, 0.15) is 5.82 Å². The van der Waals surface area contributed by atoms with Gasteiger partial charge in [-0.3, -0.25) is 9.59 Å². The number of hydrogen-bond acceptors (Lipinski definition) is 6. The standard InChI is InChI=1S/C19H16Br2N4O4/c1-10-24-15-4-3-12(20)7-13(15)19(27)25(10)23-8-11-5-14(21)18(16(6-11)28-2)29-9-17(22)26/h3-8H,9H2,1-2H3,(H2,22,26). The van der Waals surface area contributed by atoms with E-state index in [1.54, 1.807) is 31.2 Å². The van der Waals surface area contributed by atoms with Crippen LogP contribution in [0.5, 0.6) is 11.5 Å². The first-order valence-electron chi connectivity index (χ1n) is 8.32. The van der Waals surface area contributed by atoms with Gasteiger partial charge in [0.2, 0.25) is 0 Å². The first kappa shape index (κ1) is 21.0. The fourth-order valence-corrected chi connectivity index (χ4v) is 3.55. The van der Waals surface area contributed by atoms with E-state index >= 15 is 0 Å². The third-order valence-electron chi connectivity index (χ3n) is 3.90. The van der Waals surface area contributed by atoms with Crippen molar-refractivity contribution in [3.63, 3.8) is 0 Å². The molecule has 0 saturated heterocycles. The highest BCUT2D eigenvalue weighted by atomic mass is 79.9. The van der Waals surface area contributed by atoms with E-state index in [1.807, 2.05) is 6.07 Å². The Morgan fingerprint density at radius 1 is 1.31 bits per heavy atom. The number of hydrogen-bond donors (Lipinski definition) is 1. The van der Waals surface area contributed by atoms with Gasteiger partial charge in [0.05, 0.1) is 28.7 Å². The predicted octanol–water partition coefficient (Wildman–Crippen LogP) is 2.98. The molecule has 1 heterocycles. The lowest BCUT2D eigenvalue weighted by Gasteiger charge is -2.12. The van der Waals surface area contributed by atoms with Crippen LogP contribution in [-0.4, -0.2) is 35.5 Å². The molecular weight excluding hydrogens is 508 g/mol. The average Bonchev–Trinajstić information content (AvgIpc) is 2.67. The zero-order valence-corrected chi connectivity index (χ0v) is 18.7. The topological polar surface area (TPSA) is 109 Å². The molecule has 0 aliphatic rings. The Balaban J connectivity index is 2.01. The molecule has 0 atom stereocenters. The molecular formula is C19H16Br2N4O4. The molecule has 0 radical (unpaired) electrons. The summed E-state index contributed by atoms with van der Waals surface area (Å²) < 4.78 is 13.2. The SMILES string of the molecule is COc1cc(C=Nn2c(C)nc3ccc(Br)cc3c2=O)cc(Br)c1OCC(N)=O. The summed E-state index contributed by atoms with van der Waals surface area (Å²) in [6.45, 7) is 1.42. The summed E-state index contributed by atoms with van der Waals surface area (Å²) in [4.78, 5) is 28.2. The van der Waals surface area contributed by atoms with Crippen LogP contribution in [0.4, 0.5) is 0 Å². The number of nitrogens with zero attached hydrogens (tertiary/aromatic N) is 3. The van der Waals surface area contributed by atoms with Crippen LogP contribution in [0.3, 0.4) is 0 Å². The number of halogens is 2. The minimum atomic E-state index is -0.602. The number of aromatic nitrogens is 2. The van der Waals surface area contributed by atoms with Crippen molar-refractivity contribution in [3.8, 4) is 11.5 Å². The highest BCUT2D eigenvalue weighted by Crippen LogP contribution is 2.36. The number of nitrogens with two attached hydrogens (primary N) is 1. The lowest BCUT2D eigenvalue weighted by atomic mass is 10.2. The van der Waals surface area contributed by atoms with Crippen LogP contribution in [0.2, 0.25) is 0 Å². The molecule has 0 fully saturated rings. The summed E-state index contributed by atoms with van der Waals surface area (Å²) in [6.07, 6.45) is 1.51. The molecule has 10 heteroatoms. The number of fused-ring (bicyclic) bond motifs is 1. The zero-order valence-electron chi connectivity index (χ0n) is 15.5. The number of aryl methyl sites for hydroxylation is 1. The lowest BCUT2D eigenvalue weighted by Crippen LogP contribution is -2.21. The summed E-state index contributed by atoms with van der Waals surface area (Å²) in [6, 6.07) is 8.69. The van der Waals surface area contributed by atoms with E-state index in [0.29, 0.717) is 38.3 Å². The molecule has 1 aromatic heterocycles. The largest absolute Gasteiger partial charge is 0.493 e. The van der Waals surface area contributed by atoms with Crippen LogP contribution in [0, 0.1) is 6.92 Å². The van der Waals surface area contributed by atoms with Crippen molar-refractivity contribution in [1.82, 2.24) is 9.66 Å². The average molecular weight is 524 g/mol. The fraction of sp³-hybridized carbons (Fsp3) is 0.158. The highest BCUT2D eigenvalue weighted by Gasteiger charge is 2.13. The van der Waals surface area contributed by atoms with E-state index in [0.717, 1.165) is 4.47 Å². The van der Waals surface area contributed by atoms with Crippen molar-refractivity contribution in [2.24, 2.45) is 10.8 Å². The summed E-state index contributed by atoms with van der Waals surface area (Å²) in [5, 5.41) is 4.74. The van der Waals surface area contributed by atoms with E-state index in [2.05, 4.69) is 41.9 Å². The molecule has 8 nitrogen and oxygen atoms in total. The van der Waals surface area contributed by atoms with E-state index in [1.165, 1.54) is 18.0 Å². The number of rotatable bonds is 6. The maximum Gasteiger partial charge on any atom is 0.282 e. The summed E-state index contributed by atoms with van der Waals surface area (Å²) in [5.41, 5.74) is 6.08. The quantitative estimate of drug-likeness (QED) is 0.499. The second-order valence-corrected chi connectivity index (χ2v) is 7.74. The smallest absolute Gasteiger partial charge is 0.282 e. The third kappa shape index (κ3) is 4.65. The maximum absolute atomic E-state index is 12.8. The number of methoxy groups -OCH3 is 1. The Morgan fingerprint density at radius 2 is 2.07 bits per heavy atom. The van der Waals surface area contributed by atoms with Crippen molar-refractivity contribution in [2.45, 2.75) is 6.92 Å². The van der Waals surface area contributed by atoms with Gasteiger partial charge in [0.25, 0.3) is 11.5 Å². The van der Waals surface area contributed by atoms with Crippen LogP contribution in [0.15, 0.2) is 49.2 Å². The molecule has 0 aliphatic heterocycles. The minimum Gasteiger partial charge on any atom is -0.493 e. The first-order chi connectivity index (χ1) is 13.8. The van der Waals surface area contributed by atoms with Gasteiger partial charge < -0.3 is 15.2 Å². The highest BCUT2D eigenvalue weighted by molar-refractivity contribution is 9.10. The van der Waals surface area contributed by atoms with Crippen LogP contribution >= 0.6 is 31.9 Å². The maximum atomic E-state index is 12.8. The van der Waals surface area contributed by atoms with E-state index in [9.17, 15) is 9.59 Å². The predicted molar refractivity (Wildman–Crippen MR) is 117 cm³/mol. The van der Waals surface area contributed by atoms with Gasteiger partial charge in [-0.05, 0) is 58.7 Å². The van der Waals surface area contributed by atoms with Gasteiger partial charge in [-0.1, -0.05) is 15.9 Å². The normalized spacial score (nSPS) is 11.2. The van der Waals surface area contributed by atoms with E-state index < -0.39 is 5.91 Å². The number of carbonyl (C=O) groups is 1. The molecule has 29 heavy (non-hydrogen) atoms. The molecule has 0 spiro atoms. The molecule has 150 valence electrons. The Hall–Kier alpha value is -2.72. The molecule has 1 amide bonds. The molecule has 2 N–H and O–H groups in total.